The molecule has 2 rings (SSSR count). The molecule has 104 valence electrons. The van der Waals surface area contributed by atoms with Crippen molar-refractivity contribution in [3.8, 4) is 11.4 Å². The Balaban J connectivity index is 2.10. The minimum absolute atomic E-state index is 0.206. The van der Waals surface area contributed by atoms with E-state index in [1.807, 2.05) is 6.07 Å². The number of carbonyl (C=O) groups is 2. The summed E-state index contributed by atoms with van der Waals surface area (Å²) in [6.07, 6.45) is 1.40. The van der Waals surface area contributed by atoms with Gasteiger partial charge in [-0.25, -0.2) is 4.98 Å². The molecule has 0 saturated carbocycles. The largest absolute Gasteiger partial charge is 0.359 e. The van der Waals surface area contributed by atoms with E-state index < -0.39 is 0 Å². The molecule has 0 aliphatic rings. The fraction of sp³-hybridized carbons (Fsp3) is 0.231. The van der Waals surface area contributed by atoms with Crippen molar-refractivity contribution in [3.63, 3.8) is 0 Å². The van der Waals surface area contributed by atoms with Gasteiger partial charge in [0.2, 0.25) is 11.8 Å². The van der Waals surface area contributed by atoms with Crippen molar-refractivity contribution in [2.75, 3.05) is 12.4 Å². The van der Waals surface area contributed by atoms with Crippen molar-refractivity contribution < 1.29 is 9.59 Å². The van der Waals surface area contributed by atoms with E-state index >= 15 is 0 Å². The predicted octanol–water partition coefficient (Wildman–Crippen LogP) is 0.557. The molecule has 7 heteroatoms. The van der Waals surface area contributed by atoms with Gasteiger partial charge in [-0.1, -0.05) is 12.1 Å². The van der Waals surface area contributed by atoms with Crippen LogP contribution in [0.2, 0.25) is 0 Å². The molecule has 0 unspecified atom stereocenters. The Morgan fingerprint density at radius 3 is 2.75 bits per heavy atom. The highest BCUT2D eigenvalue weighted by Crippen LogP contribution is 2.19. The van der Waals surface area contributed by atoms with Gasteiger partial charge in [0, 0.05) is 25.3 Å². The Kier molecular flexibility index (Phi) is 4.09. The monoisotopic (exact) mass is 273 g/mol. The Labute approximate surface area is 116 Å². The van der Waals surface area contributed by atoms with Crippen LogP contribution in [0, 0.1) is 0 Å². The summed E-state index contributed by atoms with van der Waals surface area (Å²) in [7, 11) is 3.27. The summed E-state index contributed by atoms with van der Waals surface area (Å²) in [5.74, 6) is -0.115. The van der Waals surface area contributed by atoms with E-state index in [1.54, 1.807) is 36.3 Å². The lowest BCUT2D eigenvalue weighted by molar-refractivity contribution is -0.126. The number of nitrogens with one attached hydrogen (secondary N) is 2. The second kappa shape index (κ2) is 5.96. The summed E-state index contributed by atoms with van der Waals surface area (Å²) in [6, 6.07) is 7.15. The predicted molar refractivity (Wildman–Crippen MR) is 73.8 cm³/mol. The Morgan fingerprint density at radius 1 is 1.30 bits per heavy atom. The zero-order valence-electron chi connectivity index (χ0n) is 11.3. The van der Waals surface area contributed by atoms with Gasteiger partial charge < -0.3 is 10.6 Å². The van der Waals surface area contributed by atoms with Gasteiger partial charge in [0.15, 0.2) is 5.82 Å². The van der Waals surface area contributed by atoms with Crippen LogP contribution in [0.25, 0.3) is 11.4 Å². The molecule has 1 heterocycles. The molecule has 20 heavy (non-hydrogen) atoms. The smallest absolute Gasteiger partial charge is 0.233 e. The molecule has 0 atom stereocenters. The number of hydrogen-bond donors (Lipinski definition) is 2. The van der Waals surface area contributed by atoms with E-state index in [0.29, 0.717) is 11.5 Å². The molecule has 0 bridgehead atoms. The van der Waals surface area contributed by atoms with Crippen LogP contribution in [0.15, 0.2) is 30.6 Å². The van der Waals surface area contributed by atoms with Crippen molar-refractivity contribution >= 4 is 17.5 Å². The van der Waals surface area contributed by atoms with Gasteiger partial charge in [-0.05, 0) is 12.1 Å². The lowest BCUT2D eigenvalue weighted by atomic mass is 10.2. The molecule has 1 aromatic heterocycles. The molecular formula is C13H15N5O2. The molecule has 7 nitrogen and oxygen atoms in total. The zero-order valence-corrected chi connectivity index (χ0v) is 11.3. The van der Waals surface area contributed by atoms with Crippen molar-refractivity contribution in [1.29, 1.82) is 0 Å². The van der Waals surface area contributed by atoms with Crippen LogP contribution < -0.4 is 10.6 Å². The van der Waals surface area contributed by atoms with Crippen LogP contribution in [0.3, 0.4) is 0 Å². The van der Waals surface area contributed by atoms with Gasteiger partial charge in [-0.3, -0.25) is 14.3 Å². The van der Waals surface area contributed by atoms with Crippen molar-refractivity contribution in [3.05, 3.63) is 30.6 Å². The van der Waals surface area contributed by atoms with Gasteiger partial charge in [0.05, 0.1) is 0 Å². The normalized spacial score (nSPS) is 10.1. The average Bonchev–Trinajstić information content (AvgIpc) is 2.85. The number of rotatable bonds is 4. The minimum atomic E-state index is -0.365. The van der Waals surface area contributed by atoms with Crippen LogP contribution in [0.4, 0.5) is 5.69 Å². The number of amides is 2. The van der Waals surface area contributed by atoms with Crippen molar-refractivity contribution in [1.82, 2.24) is 20.1 Å². The highest BCUT2D eigenvalue weighted by molar-refractivity contribution is 6.03. The molecule has 0 radical (unpaired) electrons. The summed E-state index contributed by atoms with van der Waals surface area (Å²) in [6.45, 7) is 0. The Hall–Kier alpha value is -2.70. The topological polar surface area (TPSA) is 88.9 Å². The van der Waals surface area contributed by atoms with Crippen LogP contribution in [0.1, 0.15) is 6.42 Å². The van der Waals surface area contributed by atoms with E-state index in [4.69, 9.17) is 0 Å². The summed E-state index contributed by atoms with van der Waals surface area (Å²) >= 11 is 0. The second-order valence-corrected chi connectivity index (χ2v) is 4.22. The number of anilines is 1. The van der Waals surface area contributed by atoms with Gasteiger partial charge in [0.1, 0.15) is 12.7 Å². The maximum absolute atomic E-state index is 11.6. The summed E-state index contributed by atoms with van der Waals surface area (Å²) in [4.78, 5) is 26.9. The SMILES string of the molecule is CNC(=O)CC(=O)Nc1cccc(-c2ncn(C)n2)c1. The number of benzene rings is 1. The van der Waals surface area contributed by atoms with E-state index in [2.05, 4.69) is 20.7 Å². The zero-order chi connectivity index (χ0) is 14.5. The molecule has 0 saturated heterocycles. The molecule has 0 spiro atoms. The average molecular weight is 273 g/mol. The first-order valence-electron chi connectivity index (χ1n) is 6.05. The molecule has 2 aromatic rings. The van der Waals surface area contributed by atoms with Crippen molar-refractivity contribution in [2.45, 2.75) is 6.42 Å². The quantitative estimate of drug-likeness (QED) is 0.796. The number of aromatic nitrogens is 3. The molecule has 1 aromatic carbocycles. The van der Waals surface area contributed by atoms with Gasteiger partial charge in [-0.2, -0.15) is 5.10 Å². The van der Waals surface area contributed by atoms with E-state index in [0.717, 1.165) is 5.56 Å². The van der Waals surface area contributed by atoms with Crippen LogP contribution in [0.5, 0.6) is 0 Å². The van der Waals surface area contributed by atoms with Crippen LogP contribution in [-0.4, -0.2) is 33.6 Å². The number of hydrogen-bond acceptors (Lipinski definition) is 4. The first kappa shape index (κ1) is 13.7. The van der Waals surface area contributed by atoms with E-state index in [-0.39, 0.29) is 18.2 Å². The molecule has 0 aliphatic carbocycles. The third kappa shape index (κ3) is 3.41. The Bertz CT molecular complexity index is 635. The van der Waals surface area contributed by atoms with E-state index in [9.17, 15) is 9.59 Å². The number of nitrogens with zero attached hydrogens (tertiary/aromatic N) is 3. The molecule has 2 N–H and O–H groups in total. The number of carbonyl (C=O) groups excluding carboxylic acids is 2. The standard InChI is InChI=1S/C13H15N5O2/c1-14-11(19)7-12(20)16-10-5-3-4-9(6-10)13-15-8-18(2)17-13/h3-6,8H,7H2,1-2H3,(H,14,19)(H,16,20). The summed E-state index contributed by atoms with van der Waals surface area (Å²) in [5.41, 5.74) is 1.40. The van der Waals surface area contributed by atoms with Crippen LogP contribution in [-0.2, 0) is 16.6 Å². The lowest BCUT2D eigenvalue weighted by Crippen LogP contribution is -2.24. The number of aryl methyl sites for hydroxylation is 1. The van der Waals surface area contributed by atoms with Gasteiger partial charge in [-0.15, -0.1) is 0 Å². The molecule has 0 aliphatic heterocycles. The highest BCUT2D eigenvalue weighted by Gasteiger charge is 2.09. The third-order valence-corrected chi connectivity index (χ3v) is 2.60. The van der Waals surface area contributed by atoms with Gasteiger partial charge >= 0.3 is 0 Å². The van der Waals surface area contributed by atoms with Crippen molar-refractivity contribution in [2.24, 2.45) is 7.05 Å². The summed E-state index contributed by atoms with van der Waals surface area (Å²) < 4.78 is 1.60. The molecule has 0 fully saturated rings. The maximum Gasteiger partial charge on any atom is 0.233 e. The van der Waals surface area contributed by atoms with E-state index in [1.165, 1.54) is 7.05 Å². The molecular weight excluding hydrogens is 258 g/mol. The first-order valence-corrected chi connectivity index (χ1v) is 6.05. The van der Waals surface area contributed by atoms with Gasteiger partial charge in [0.25, 0.3) is 0 Å². The fourth-order valence-electron chi connectivity index (χ4n) is 1.65. The second-order valence-electron chi connectivity index (χ2n) is 4.22. The third-order valence-electron chi connectivity index (χ3n) is 2.60. The lowest BCUT2D eigenvalue weighted by Gasteiger charge is -2.05. The van der Waals surface area contributed by atoms with Crippen LogP contribution >= 0.6 is 0 Å². The Morgan fingerprint density at radius 2 is 2.10 bits per heavy atom. The molecule has 2 amide bonds. The minimum Gasteiger partial charge on any atom is -0.359 e. The maximum atomic E-state index is 11.6. The highest BCUT2D eigenvalue weighted by atomic mass is 16.2. The fourth-order valence-corrected chi connectivity index (χ4v) is 1.65. The summed E-state index contributed by atoms with van der Waals surface area (Å²) in [5, 5.41) is 9.25. The first-order chi connectivity index (χ1) is 9.58.